The van der Waals surface area contributed by atoms with Crippen molar-refractivity contribution in [2.75, 3.05) is 19.7 Å². The van der Waals surface area contributed by atoms with E-state index in [1.807, 2.05) is 6.07 Å². The van der Waals surface area contributed by atoms with E-state index in [1.54, 1.807) is 0 Å². The molecule has 0 bridgehead atoms. The van der Waals surface area contributed by atoms with Gasteiger partial charge in [0, 0.05) is 12.6 Å². The molecule has 1 unspecified atom stereocenters. The minimum Gasteiger partial charge on any atom is -0.361 e. The summed E-state index contributed by atoms with van der Waals surface area (Å²) in [5.41, 5.74) is -0.479. The molecule has 0 amide bonds. The lowest BCUT2D eigenvalue weighted by atomic mass is 10.3. The number of rotatable bonds is 3. The number of hydrogen-bond acceptors (Lipinski definition) is 6. The molecule has 0 N–H and O–H groups in total. The molecule has 106 valence electrons. The molecule has 1 aliphatic heterocycles. The second-order valence-corrected chi connectivity index (χ2v) is 5.98. The van der Waals surface area contributed by atoms with Crippen molar-refractivity contribution in [3.63, 3.8) is 0 Å². The Morgan fingerprint density at radius 3 is 2.80 bits per heavy atom. The van der Waals surface area contributed by atoms with Crippen LogP contribution >= 0.6 is 0 Å². The van der Waals surface area contributed by atoms with Gasteiger partial charge in [-0.3, -0.25) is 10.1 Å². The van der Waals surface area contributed by atoms with Crippen molar-refractivity contribution in [1.82, 2.24) is 4.31 Å². The van der Waals surface area contributed by atoms with Crippen molar-refractivity contribution in [1.29, 1.82) is 5.26 Å². The summed E-state index contributed by atoms with van der Waals surface area (Å²) in [6, 6.07) is 6.97. The molecule has 0 saturated carbocycles. The largest absolute Gasteiger partial charge is 0.361 e. The molecule has 0 spiro atoms. The molecule has 1 aromatic carbocycles. The van der Waals surface area contributed by atoms with Gasteiger partial charge >= 0.3 is 0 Å². The molecular formula is C11H11N3O5S. The normalized spacial score (nSPS) is 20.2. The van der Waals surface area contributed by atoms with Crippen LogP contribution in [0.3, 0.4) is 0 Å². The van der Waals surface area contributed by atoms with Gasteiger partial charge in [-0.25, -0.2) is 8.42 Å². The predicted octanol–water partition coefficient (Wildman–Crippen LogP) is 0.508. The van der Waals surface area contributed by atoms with Crippen LogP contribution in [0.2, 0.25) is 0 Å². The van der Waals surface area contributed by atoms with Crippen molar-refractivity contribution in [3.8, 4) is 6.07 Å². The number of sulfonamides is 1. The number of nitrogens with zero attached hydrogens (tertiary/aromatic N) is 3. The van der Waals surface area contributed by atoms with Gasteiger partial charge in [-0.15, -0.1) is 0 Å². The molecule has 1 heterocycles. The molecule has 1 fully saturated rings. The third kappa shape index (κ3) is 2.62. The van der Waals surface area contributed by atoms with E-state index < -0.39 is 26.7 Å². The van der Waals surface area contributed by atoms with Crippen LogP contribution in [0.1, 0.15) is 0 Å². The number of nitro groups is 1. The number of para-hydroxylation sites is 1. The Labute approximate surface area is 115 Å². The van der Waals surface area contributed by atoms with E-state index in [4.69, 9.17) is 10.00 Å². The Balaban J connectivity index is 2.41. The highest BCUT2D eigenvalue weighted by molar-refractivity contribution is 7.89. The van der Waals surface area contributed by atoms with Crippen LogP contribution in [0.4, 0.5) is 5.69 Å². The Morgan fingerprint density at radius 1 is 1.45 bits per heavy atom. The summed E-state index contributed by atoms with van der Waals surface area (Å²) in [7, 11) is -4.02. The SMILES string of the molecule is N#CC1CN(S(=O)(=O)c2ccccc2[N+](=O)[O-])CCO1. The van der Waals surface area contributed by atoms with Gasteiger partial charge in [0.1, 0.15) is 0 Å². The number of nitro benzene ring substituents is 1. The first-order valence-corrected chi connectivity index (χ1v) is 7.15. The molecule has 2 rings (SSSR count). The molecular weight excluding hydrogens is 286 g/mol. The van der Waals surface area contributed by atoms with E-state index in [-0.39, 0.29) is 24.6 Å². The average Bonchev–Trinajstić information content (AvgIpc) is 2.47. The third-order valence-electron chi connectivity index (χ3n) is 2.85. The average molecular weight is 297 g/mol. The summed E-state index contributed by atoms with van der Waals surface area (Å²) >= 11 is 0. The topological polar surface area (TPSA) is 114 Å². The molecule has 1 aliphatic rings. The summed E-state index contributed by atoms with van der Waals surface area (Å²) in [5.74, 6) is 0. The van der Waals surface area contributed by atoms with E-state index in [0.717, 1.165) is 10.4 Å². The fourth-order valence-electron chi connectivity index (χ4n) is 1.89. The molecule has 0 aliphatic carbocycles. The number of benzene rings is 1. The second-order valence-electron chi connectivity index (χ2n) is 4.08. The Morgan fingerprint density at radius 2 is 2.15 bits per heavy atom. The zero-order chi connectivity index (χ0) is 14.8. The number of ether oxygens (including phenoxy) is 1. The van der Waals surface area contributed by atoms with Crippen LogP contribution in [0.5, 0.6) is 0 Å². The van der Waals surface area contributed by atoms with Crippen molar-refractivity contribution >= 4 is 15.7 Å². The smallest absolute Gasteiger partial charge is 0.289 e. The summed E-state index contributed by atoms with van der Waals surface area (Å²) in [4.78, 5) is 9.80. The Hall–Kier alpha value is -2.02. The molecule has 8 nitrogen and oxygen atoms in total. The van der Waals surface area contributed by atoms with Crippen molar-refractivity contribution < 1.29 is 18.1 Å². The van der Waals surface area contributed by atoms with Crippen LogP contribution in [0.15, 0.2) is 29.2 Å². The second kappa shape index (κ2) is 5.54. The molecule has 0 aromatic heterocycles. The molecule has 20 heavy (non-hydrogen) atoms. The highest BCUT2D eigenvalue weighted by Gasteiger charge is 2.34. The van der Waals surface area contributed by atoms with Gasteiger partial charge in [-0.2, -0.15) is 9.57 Å². The van der Waals surface area contributed by atoms with E-state index in [1.165, 1.54) is 18.2 Å². The first-order chi connectivity index (χ1) is 9.46. The van der Waals surface area contributed by atoms with E-state index in [2.05, 4.69) is 0 Å². The maximum absolute atomic E-state index is 12.4. The zero-order valence-electron chi connectivity index (χ0n) is 10.3. The summed E-state index contributed by atoms with van der Waals surface area (Å²) in [6.07, 6.45) is -0.860. The standard InChI is InChI=1S/C11H11N3O5S/c12-7-9-8-13(5-6-19-9)20(17,18)11-4-2-1-3-10(11)14(15)16/h1-4,9H,5-6,8H2. The van der Waals surface area contributed by atoms with Crippen LogP contribution < -0.4 is 0 Å². The molecule has 9 heteroatoms. The van der Waals surface area contributed by atoms with E-state index in [0.29, 0.717) is 0 Å². The third-order valence-corrected chi connectivity index (χ3v) is 4.77. The Kier molecular flexibility index (Phi) is 3.99. The van der Waals surface area contributed by atoms with Gasteiger partial charge in [0.25, 0.3) is 5.69 Å². The predicted molar refractivity (Wildman–Crippen MR) is 67.2 cm³/mol. The van der Waals surface area contributed by atoms with Crippen molar-refractivity contribution in [3.05, 3.63) is 34.4 Å². The van der Waals surface area contributed by atoms with Gasteiger partial charge in [-0.1, -0.05) is 12.1 Å². The quantitative estimate of drug-likeness (QED) is 0.593. The van der Waals surface area contributed by atoms with Gasteiger partial charge < -0.3 is 4.74 Å². The van der Waals surface area contributed by atoms with Crippen LogP contribution in [-0.2, 0) is 14.8 Å². The Bertz CT molecular complexity index is 667. The van der Waals surface area contributed by atoms with E-state index >= 15 is 0 Å². The minimum absolute atomic E-state index is 0.0621. The summed E-state index contributed by atoms with van der Waals surface area (Å²) in [5, 5.41) is 19.7. The molecule has 1 saturated heterocycles. The van der Waals surface area contributed by atoms with Crippen molar-refractivity contribution in [2.24, 2.45) is 0 Å². The van der Waals surface area contributed by atoms with Crippen LogP contribution in [-0.4, -0.2) is 43.4 Å². The summed E-state index contributed by atoms with van der Waals surface area (Å²) in [6.45, 7) is 0.00946. The zero-order valence-corrected chi connectivity index (χ0v) is 11.1. The van der Waals surface area contributed by atoms with Gasteiger partial charge in [0.2, 0.25) is 10.0 Å². The van der Waals surface area contributed by atoms with Gasteiger partial charge in [-0.05, 0) is 6.07 Å². The lowest BCUT2D eigenvalue weighted by Gasteiger charge is -2.28. The number of hydrogen-bond donors (Lipinski definition) is 0. The number of nitriles is 1. The molecule has 1 atom stereocenters. The molecule has 0 radical (unpaired) electrons. The highest BCUT2D eigenvalue weighted by atomic mass is 32.2. The fourth-order valence-corrected chi connectivity index (χ4v) is 3.47. The molecule has 1 aromatic rings. The van der Waals surface area contributed by atoms with Crippen molar-refractivity contribution in [2.45, 2.75) is 11.0 Å². The minimum atomic E-state index is -4.02. The first kappa shape index (κ1) is 14.4. The maximum atomic E-state index is 12.4. The van der Waals surface area contributed by atoms with Gasteiger partial charge in [0.05, 0.1) is 24.1 Å². The van der Waals surface area contributed by atoms with E-state index in [9.17, 15) is 18.5 Å². The van der Waals surface area contributed by atoms with Crippen LogP contribution in [0, 0.1) is 21.4 Å². The van der Waals surface area contributed by atoms with Crippen LogP contribution in [0.25, 0.3) is 0 Å². The monoisotopic (exact) mass is 297 g/mol. The maximum Gasteiger partial charge on any atom is 0.289 e. The highest BCUT2D eigenvalue weighted by Crippen LogP contribution is 2.27. The summed E-state index contributed by atoms with van der Waals surface area (Å²) < 4.78 is 31.0. The van der Waals surface area contributed by atoms with Gasteiger partial charge in [0.15, 0.2) is 11.0 Å². The lowest BCUT2D eigenvalue weighted by molar-refractivity contribution is -0.387. The fraction of sp³-hybridized carbons (Fsp3) is 0.364. The number of morpholine rings is 1. The lowest BCUT2D eigenvalue weighted by Crippen LogP contribution is -2.45. The first-order valence-electron chi connectivity index (χ1n) is 5.71.